The van der Waals surface area contributed by atoms with Crippen LogP contribution in [0.1, 0.15) is 43.3 Å². The second kappa shape index (κ2) is 8.49. The highest BCUT2D eigenvalue weighted by Gasteiger charge is 2.28. The van der Waals surface area contributed by atoms with Crippen LogP contribution in [0.2, 0.25) is 0 Å². The van der Waals surface area contributed by atoms with Crippen molar-refractivity contribution in [1.82, 2.24) is 0 Å². The van der Waals surface area contributed by atoms with Gasteiger partial charge in [0.15, 0.2) is 11.6 Å². The van der Waals surface area contributed by atoms with Crippen LogP contribution in [0.15, 0.2) is 115 Å². The normalized spacial score (nSPS) is 11.6. The summed E-state index contributed by atoms with van der Waals surface area (Å²) in [4.78, 5) is 26.8. The van der Waals surface area contributed by atoms with Crippen LogP contribution in [0.3, 0.4) is 0 Å². The molecule has 2 nitrogen and oxygen atoms in total. The van der Waals surface area contributed by atoms with Crippen molar-refractivity contribution in [1.29, 1.82) is 0 Å². The highest BCUT2D eigenvalue weighted by molar-refractivity contribution is 6.12. The third-order valence-electron chi connectivity index (χ3n) is 5.01. The molecule has 0 aromatic heterocycles. The van der Waals surface area contributed by atoms with Gasteiger partial charge in [0.1, 0.15) is 0 Å². The fraction of sp³-hybridized carbons (Fsp3) is 0.0370. The largest absolute Gasteiger partial charge is 0.293 e. The van der Waals surface area contributed by atoms with Crippen molar-refractivity contribution in [2.75, 3.05) is 0 Å². The Morgan fingerprint density at radius 1 is 0.517 bits per heavy atom. The molecule has 1 unspecified atom stereocenters. The standard InChI is InChI=1S/C27H20O2/c28-26(21-14-6-2-7-15-21)24-19-11-10-18-23(24)25(20-12-4-1-5-13-20)27(29)22-16-8-3-9-17-22/h1-19,25H. The first-order valence-electron chi connectivity index (χ1n) is 9.58. The molecule has 0 saturated carbocycles. The van der Waals surface area contributed by atoms with E-state index < -0.39 is 5.92 Å². The average Bonchev–Trinajstić information content (AvgIpc) is 2.81. The van der Waals surface area contributed by atoms with Gasteiger partial charge in [-0.3, -0.25) is 9.59 Å². The molecule has 4 aromatic rings. The van der Waals surface area contributed by atoms with Gasteiger partial charge in [-0.2, -0.15) is 0 Å². The van der Waals surface area contributed by atoms with Crippen molar-refractivity contribution >= 4 is 11.6 Å². The van der Waals surface area contributed by atoms with Gasteiger partial charge in [0, 0.05) is 16.7 Å². The van der Waals surface area contributed by atoms with E-state index in [1.54, 1.807) is 18.2 Å². The molecule has 140 valence electrons. The minimum absolute atomic E-state index is 0.0230. The maximum absolute atomic E-state index is 13.5. The lowest BCUT2D eigenvalue weighted by molar-refractivity contribution is 0.0973. The quantitative estimate of drug-likeness (QED) is 0.391. The van der Waals surface area contributed by atoms with Crippen molar-refractivity contribution in [2.24, 2.45) is 0 Å². The van der Waals surface area contributed by atoms with Crippen molar-refractivity contribution in [3.63, 3.8) is 0 Å². The summed E-state index contributed by atoms with van der Waals surface area (Å²) in [5, 5.41) is 0. The predicted molar refractivity (Wildman–Crippen MR) is 115 cm³/mol. The Morgan fingerprint density at radius 2 is 1.00 bits per heavy atom. The van der Waals surface area contributed by atoms with Gasteiger partial charge < -0.3 is 0 Å². The molecule has 0 saturated heterocycles. The van der Waals surface area contributed by atoms with Crippen molar-refractivity contribution in [3.8, 4) is 0 Å². The first kappa shape index (κ1) is 18.6. The predicted octanol–water partition coefficient (Wildman–Crippen LogP) is 5.93. The van der Waals surface area contributed by atoms with Crippen LogP contribution in [0.4, 0.5) is 0 Å². The lowest BCUT2D eigenvalue weighted by Gasteiger charge is -2.20. The van der Waals surface area contributed by atoms with E-state index in [4.69, 9.17) is 0 Å². The third-order valence-corrected chi connectivity index (χ3v) is 5.01. The zero-order valence-electron chi connectivity index (χ0n) is 15.9. The highest BCUT2D eigenvalue weighted by Crippen LogP contribution is 2.32. The van der Waals surface area contributed by atoms with Crippen LogP contribution in [0, 0.1) is 0 Å². The summed E-state index contributed by atoms with van der Waals surface area (Å²) in [6.07, 6.45) is 0. The molecule has 0 aliphatic rings. The molecule has 0 bridgehead atoms. The summed E-state index contributed by atoms with van der Waals surface area (Å²) in [7, 11) is 0. The monoisotopic (exact) mass is 376 g/mol. The number of carbonyl (C=O) groups excluding carboxylic acids is 2. The van der Waals surface area contributed by atoms with Gasteiger partial charge >= 0.3 is 0 Å². The van der Waals surface area contributed by atoms with E-state index in [2.05, 4.69) is 0 Å². The van der Waals surface area contributed by atoms with Crippen LogP contribution < -0.4 is 0 Å². The van der Waals surface area contributed by atoms with Gasteiger partial charge in [-0.15, -0.1) is 0 Å². The highest BCUT2D eigenvalue weighted by atomic mass is 16.1. The number of hydrogen-bond acceptors (Lipinski definition) is 2. The number of ketones is 2. The van der Waals surface area contributed by atoms with E-state index in [1.807, 2.05) is 97.1 Å². The van der Waals surface area contributed by atoms with E-state index in [0.29, 0.717) is 16.7 Å². The molecule has 0 N–H and O–H groups in total. The molecule has 29 heavy (non-hydrogen) atoms. The molecular weight excluding hydrogens is 356 g/mol. The Morgan fingerprint density at radius 3 is 1.62 bits per heavy atom. The van der Waals surface area contributed by atoms with Gasteiger partial charge in [-0.25, -0.2) is 0 Å². The zero-order chi connectivity index (χ0) is 20.1. The van der Waals surface area contributed by atoms with Crippen molar-refractivity contribution in [3.05, 3.63) is 143 Å². The minimum atomic E-state index is -0.553. The molecule has 0 spiro atoms. The number of benzene rings is 4. The summed E-state index contributed by atoms with van der Waals surface area (Å²) in [5.74, 6) is -0.657. The van der Waals surface area contributed by atoms with Gasteiger partial charge in [0.05, 0.1) is 5.92 Å². The number of Topliss-reactive ketones (excluding diaryl/α,β-unsaturated/α-hetero) is 1. The minimum Gasteiger partial charge on any atom is -0.293 e. The number of hydrogen-bond donors (Lipinski definition) is 0. The van der Waals surface area contributed by atoms with Crippen LogP contribution in [-0.4, -0.2) is 11.6 Å². The Bertz CT molecular complexity index is 1120. The van der Waals surface area contributed by atoms with Crippen molar-refractivity contribution in [2.45, 2.75) is 5.92 Å². The molecular formula is C27H20O2. The summed E-state index contributed by atoms with van der Waals surface area (Å²) < 4.78 is 0. The molecule has 0 aliphatic carbocycles. The van der Waals surface area contributed by atoms with E-state index in [0.717, 1.165) is 11.1 Å². The fourth-order valence-corrected chi connectivity index (χ4v) is 3.59. The summed E-state index contributed by atoms with van der Waals surface area (Å²) >= 11 is 0. The first-order chi connectivity index (χ1) is 14.3. The molecule has 0 radical (unpaired) electrons. The molecule has 2 heteroatoms. The first-order valence-corrected chi connectivity index (χ1v) is 9.58. The third kappa shape index (κ3) is 3.92. The van der Waals surface area contributed by atoms with E-state index in [9.17, 15) is 9.59 Å². The summed E-state index contributed by atoms with van der Waals surface area (Å²) in [6.45, 7) is 0. The Hall–Kier alpha value is -3.78. The number of carbonyl (C=O) groups is 2. The molecule has 0 fully saturated rings. The maximum Gasteiger partial charge on any atom is 0.193 e. The van der Waals surface area contributed by atoms with Crippen LogP contribution in [0.25, 0.3) is 0 Å². The Balaban J connectivity index is 1.86. The maximum atomic E-state index is 13.5. The lowest BCUT2D eigenvalue weighted by atomic mass is 9.81. The van der Waals surface area contributed by atoms with Gasteiger partial charge in [-0.1, -0.05) is 115 Å². The van der Waals surface area contributed by atoms with Gasteiger partial charge in [-0.05, 0) is 11.1 Å². The van der Waals surface area contributed by atoms with E-state index in [1.165, 1.54) is 0 Å². The van der Waals surface area contributed by atoms with Gasteiger partial charge in [0.2, 0.25) is 0 Å². The SMILES string of the molecule is O=C(c1ccccc1)c1ccccc1C(C(=O)c1ccccc1)c1ccccc1. The zero-order valence-corrected chi connectivity index (χ0v) is 15.9. The summed E-state index contributed by atoms with van der Waals surface area (Å²) in [6, 6.07) is 35.5. The molecule has 0 amide bonds. The van der Waals surface area contributed by atoms with E-state index in [-0.39, 0.29) is 11.6 Å². The topological polar surface area (TPSA) is 34.1 Å². The molecule has 4 aromatic carbocycles. The fourth-order valence-electron chi connectivity index (χ4n) is 3.59. The second-order valence-electron chi connectivity index (χ2n) is 6.86. The van der Waals surface area contributed by atoms with Gasteiger partial charge in [0.25, 0.3) is 0 Å². The Labute approximate surface area is 170 Å². The van der Waals surface area contributed by atoms with E-state index >= 15 is 0 Å². The molecule has 0 heterocycles. The smallest absolute Gasteiger partial charge is 0.193 e. The Kier molecular flexibility index (Phi) is 5.44. The number of rotatable bonds is 6. The average molecular weight is 376 g/mol. The van der Waals surface area contributed by atoms with Crippen LogP contribution >= 0.6 is 0 Å². The summed E-state index contributed by atoms with van der Waals surface area (Å²) in [5.41, 5.74) is 3.38. The van der Waals surface area contributed by atoms with Crippen LogP contribution in [0.5, 0.6) is 0 Å². The lowest BCUT2D eigenvalue weighted by Crippen LogP contribution is -2.18. The van der Waals surface area contributed by atoms with Crippen LogP contribution in [-0.2, 0) is 0 Å². The molecule has 1 atom stereocenters. The van der Waals surface area contributed by atoms with Crippen molar-refractivity contribution < 1.29 is 9.59 Å². The molecule has 4 rings (SSSR count). The second-order valence-corrected chi connectivity index (χ2v) is 6.86. The molecule has 0 aliphatic heterocycles.